The number of allylic oxidation sites excluding steroid dienone is 8. The van der Waals surface area contributed by atoms with E-state index in [1.54, 1.807) is 0 Å². The van der Waals surface area contributed by atoms with Crippen LogP contribution in [0.15, 0.2) is 48.6 Å². The Morgan fingerprint density at radius 2 is 0.879 bits per heavy atom. The van der Waals surface area contributed by atoms with Crippen LogP contribution in [0.4, 0.5) is 0 Å². The Labute approximate surface area is 360 Å². The summed E-state index contributed by atoms with van der Waals surface area (Å²) in [7, 11) is 0. The smallest absolute Gasteiger partial charge is 0.239 e. The van der Waals surface area contributed by atoms with Gasteiger partial charge >= 0.3 is 0 Å². The third-order valence-corrected chi connectivity index (χ3v) is 11.8. The molecule has 0 aliphatic carbocycles. The zero-order chi connectivity index (χ0) is 41.8. The zero-order valence-electron chi connectivity index (χ0n) is 38.5. The van der Waals surface area contributed by atoms with Crippen LogP contribution >= 0.6 is 0 Å². The molecule has 0 aromatic heterocycles. The summed E-state index contributed by atoms with van der Waals surface area (Å²) >= 11 is 0. The third kappa shape index (κ3) is 34.0. The number of likely N-dealkylation sites (tertiary alicyclic amines) is 1. The Morgan fingerprint density at radius 1 is 0.517 bits per heavy atom. The predicted molar refractivity (Wildman–Crippen MR) is 253 cm³/mol. The van der Waals surface area contributed by atoms with Crippen molar-refractivity contribution in [3.05, 3.63) is 48.6 Å². The Hall–Kier alpha value is -1.73. The second-order valence-electron chi connectivity index (χ2n) is 17.4. The van der Waals surface area contributed by atoms with E-state index in [0.29, 0.717) is 38.0 Å². The number of amides is 1. The summed E-state index contributed by atoms with van der Waals surface area (Å²) in [5.41, 5.74) is 12.0. The number of hydrogen-bond donors (Lipinski definition) is 2. The van der Waals surface area contributed by atoms with E-state index in [2.05, 4.69) is 62.5 Å². The summed E-state index contributed by atoms with van der Waals surface area (Å²) in [6.45, 7) is 9.67. The lowest BCUT2D eigenvalue weighted by Gasteiger charge is -2.21. The highest BCUT2D eigenvalue weighted by molar-refractivity contribution is 5.81. The summed E-state index contributed by atoms with van der Waals surface area (Å²) in [6, 6.07) is -0.434. The van der Waals surface area contributed by atoms with Gasteiger partial charge in [-0.15, -0.1) is 0 Å². The molecule has 58 heavy (non-hydrogen) atoms. The lowest BCUT2D eigenvalue weighted by atomic mass is 9.98. The second-order valence-corrected chi connectivity index (χ2v) is 17.4. The number of ether oxygens (including phenoxy) is 2. The van der Waals surface area contributed by atoms with Gasteiger partial charge in [-0.3, -0.25) is 4.79 Å². The first-order valence-electron chi connectivity index (χ1n) is 25.1. The van der Waals surface area contributed by atoms with Crippen LogP contribution in [-0.4, -0.2) is 62.9 Å². The Bertz CT molecular complexity index is 930. The summed E-state index contributed by atoms with van der Waals surface area (Å²) in [5.74, 6) is 0.712. The lowest BCUT2D eigenvalue weighted by Crippen LogP contribution is -2.43. The van der Waals surface area contributed by atoms with E-state index in [4.69, 9.17) is 20.9 Å². The third-order valence-electron chi connectivity index (χ3n) is 11.8. The van der Waals surface area contributed by atoms with Crippen molar-refractivity contribution in [3.63, 3.8) is 0 Å². The van der Waals surface area contributed by atoms with Crippen molar-refractivity contribution in [1.29, 1.82) is 0 Å². The van der Waals surface area contributed by atoms with Gasteiger partial charge in [0.15, 0.2) is 0 Å². The Morgan fingerprint density at radius 3 is 1.26 bits per heavy atom. The van der Waals surface area contributed by atoms with Gasteiger partial charge in [0.05, 0.1) is 19.3 Å². The minimum atomic E-state index is -0.434. The fraction of sp³-hybridized carbons (Fsp3) is 0.827. The minimum absolute atomic E-state index is 0.0827. The lowest BCUT2D eigenvalue weighted by molar-refractivity contribution is -0.132. The van der Waals surface area contributed by atoms with E-state index in [0.717, 1.165) is 64.8 Å². The fourth-order valence-electron chi connectivity index (χ4n) is 7.92. The van der Waals surface area contributed by atoms with Crippen LogP contribution in [0, 0.1) is 11.8 Å². The highest BCUT2D eigenvalue weighted by atomic mass is 16.5. The van der Waals surface area contributed by atoms with Gasteiger partial charge in [-0.2, -0.15) is 0 Å². The molecule has 3 atom stereocenters. The number of nitrogens with two attached hydrogens (primary N) is 2. The maximum atomic E-state index is 13.2. The molecule has 1 aliphatic heterocycles. The Balaban J connectivity index is 2.16. The predicted octanol–water partition coefficient (Wildman–Crippen LogP) is 13.7. The Kier molecular flexibility index (Phi) is 40.6. The largest absolute Gasteiger partial charge is 0.381 e. The van der Waals surface area contributed by atoms with Crippen LogP contribution in [0.3, 0.4) is 0 Å². The zero-order valence-corrected chi connectivity index (χ0v) is 38.5. The first-order chi connectivity index (χ1) is 28.6. The molecule has 6 heteroatoms. The molecule has 1 saturated heterocycles. The van der Waals surface area contributed by atoms with Gasteiger partial charge in [0.25, 0.3) is 0 Å². The highest BCUT2D eigenvalue weighted by Gasteiger charge is 2.36. The summed E-state index contributed by atoms with van der Waals surface area (Å²) in [5, 5.41) is 0. The molecule has 0 saturated carbocycles. The number of nitrogens with zero attached hydrogens (tertiary/aromatic N) is 1. The molecule has 338 valence electrons. The molecule has 0 bridgehead atoms. The normalized spacial score (nSPS) is 16.7. The molecule has 6 nitrogen and oxygen atoms in total. The van der Waals surface area contributed by atoms with Crippen LogP contribution in [0.2, 0.25) is 0 Å². The van der Waals surface area contributed by atoms with E-state index >= 15 is 0 Å². The quantitative estimate of drug-likeness (QED) is 0.0473. The van der Waals surface area contributed by atoms with E-state index < -0.39 is 6.04 Å². The number of unbranched alkanes of at least 4 members (excludes halogenated alkanes) is 23. The summed E-state index contributed by atoms with van der Waals surface area (Å²) < 4.78 is 12.5. The second kappa shape index (κ2) is 43.4. The van der Waals surface area contributed by atoms with Crippen molar-refractivity contribution in [2.75, 3.05) is 46.1 Å². The number of carbonyl (C=O) groups is 1. The van der Waals surface area contributed by atoms with Gasteiger partial charge in [0.2, 0.25) is 5.91 Å². The van der Waals surface area contributed by atoms with Crippen LogP contribution in [0.5, 0.6) is 0 Å². The maximum Gasteiger partial charge on any atom is 0.239 e. The number of rotatable bonds is 43. The van der Waals surface area contributed by atoms with Gasteiger partial charge < -0.3 is 25.8 Å². The van der Waals surface area contributed by atoms with Crippen molar-refractivity contribution < 1.29 is 14.3 Å². The van der Waals surface area contributed by atoms with Crippen LogP contribution in [0.1, 0.15) is 213 Å². The summed E-state index contributed by atoms with van der Waals surface area (Å²) in [4.78, 5) is 15.2. The first kappa shape index (κ1) is 54.3. The molecule has 0 aromatic carbocycles. The standard InChI is InChI=1S/C52H97N3O3/c1-3-5-7-9-11-13-15-17-19-21-23-25-27-29-31-33-35-39-43-57-47-49-45-55(52(56)51(54)41-37-38-42-53)46-50(49)48-58-44-40-36-34-32-30-28-26-24-22-20-18-16-14-12-10-8-6-4-2/h11-14,17-20,49-51H,3-10,15-16,21-48,53-54H2,1-2H3/b13-11-,14-12-,19-17-,20-18-/t49-,50-,51-/m0/s1. The molecule has 1 rings (SSSR count). The molecule has 0 spiro atoms. The minimum Gasteiger partial charge on any atom is -0.381 e. The molecule has 1 fully saturated rings. The van der Waals surface area contributed by atoms with Crippen molar-refractivity contribution in [2.24, 2.45) is 23.3 Å². The van der Waals surface area contributed by atoms with E-state index in [9.17, 15) is 4.79 Å². The molecule has 1 heterocycles. The number of carbonyl (C=O) groups excluding carboxylic acids is 1. The van der Waals surface area contributed by atoms with Crippen LogP contribution < -0.4 is 11.5 Å². The molecule has 0 radical (unpaired) electrons. The van der Waals surface area contributed by atoms with E-state index in [-0.39, 0.29) is 5.91 Å². The average molecular weight is 812 g/mol. The van der Waals surface area contributed by atoms with Gasteiger partial charge in [0, 0.05) is 38.1 Å². The molecular weight excluding hydrogens is 715 g/mol. The van der Waals surface area contributed by atoms with Gasteiger partial charge in [0.1, 0.15) is 0 Å². The topological polar surface area (TPSA) is 90.8 Å². The first-order valence-corrected chi connectivity index (χ1v) is 25.1. The molecule has 4 N–H and O–H groups in total. The highest BCUT2D eigenvalue weighted by Crippen LogP contribution is 2.26. The molecule has 0 aromatic rings. The van der Waals surface area contributed by atoms with E-state index in [1.165, 1.54) is 154 Å². The van der Waals surface area contributed by atoms with Crippen LogP contribution in [-0.2, 0) is 14.3 Å². The van der Waals surface area contributed by atoms with Gasteiger partial charge in [-0.1, -0.05) is 172 Å². The average Bonchev–Trinajstić information content (AvgIpc) is 3.64. The summed E-state index contributed by atoms with van der Waals surface area (Å²) in [6.07, 6.45) is 57.0. The van der Waals surface area contributed by atoms with Crippen molar-refractivity contribution >= 4 is 5.91 Å². The molecule has 1 aliphatic rings. The molecule has 1 amide bonds. The number of hydrogen-bond acceptors (Lipinski definition) is 5. The molecule has 0 unspecified atom stereocenters. The van der Waals surface area contributed by atoms with Crippen LogP contribution in [0.25, 0.3) is 0 Å². The van der Waals surface area contributed by atoms with Crippen molar-refractivity contribution in [1.82, 2.24) is 4.90 Å². The monoisotopic (exact) mass is 812 g/mol. The SMILES string of the molecule is CCCCC/C=C\C/C=C\CCCCCCCCCCOC[C@@H]1CN(C(=O)[C@@H](N)CCCCN)C[C@H]1COCCCCCCCCCC/C=C\C/C=C\CCCCC. The maximum absolute atomic E-state index is 13.2. The van der Waals surface area contributed by atoms with Gasteiger partial charge in [-0.05, 0) is 96.4 Å². The van der Waals surface area contributed by atoms with Crippen molar-refractivity contribution in [3.8, 4) is 0 Å². The fourth-order valence-corrected chi connectivity index (χ4v) is 7.92. The molecular formula is C52H97N3O3. The van der Waals surface area contributed by atoms with E-state index in [1.807, 2.05) is 4.90 Å². The van der Waals surface area contributed by atoms with Gasteiger partial charge in [-0.25, -0.2) is 0 Å². The van der Waals surface area contributed by atoms with Crippen molar-refractivity contribution in [2.45, 2.75) is 219 Å².